The van der Waals surface area contributed by atoms with Crippen molar-refractivity contribution in [3.8, 4) is 0 Å². The maximum atomic E-state index is 12.5. The summed E-state index contributed by atoms with van der Waals surface area (Å²) in [5.41, 5.74) is 0.711. The van der Waals surface area contributed by atoms with Gasteiger partial charge < -0.3 is 4.90 Å². The molecule has 1 aromatic carbocycles. The van der Waals surface area contributed by atoms with Crippen molar-refractivity contribution in [2.24, 2.45) is 0 Å². The summed E-state index contributed by atoms with van der Waals surface area (Å²) < 4.78 is 0.889. The first kappa shape index (κ1) is 14.8. The van der Waals surface area contributed by atoms with Gasteiger partial charge in [0.05, 0.1) is 12.1 Å². The highest BCUT2D eigenvalue weighted by atomic mass is 127. The number of carbonyl (C=O) groups is 1. The number of hydrogen-bond acceptors (Lipinski definition) is 2. The van der Waals surface area contributed by atoms with E-state index in [-0.39, 0.29) is 5.91 Å². The molecule has 0 radical (unpaired) electrons. The van der Waals surface area contributed by atoms with E-state index in [2.05, 4.69) is 22.6 Å². The van der Waals surface area contributed by atoms with E-state index in [1.807, 2.05) is 35.4 Å². The van der Waals surface area contributed by atoms with Crippen LogP contribution in [-0.2, 0) is 6.54 Å². The molecular weight excluding hydrogens is 393 g/mol. The molecule has 0 atom stereocenters. The van der Waals surface area contributed by atoms with Gasteiger partial charge in [-0.25, -0.2) is 0 Å². The Morgan fingerprint density at radius 2 is 2.21 bits per heavy atom. The third kappa shape index (κ3) is 3.70. The van der Waals surface area contributed by atoms with Gasteiger partial charge in [-0.15, -0.1) is 11.3 Å². The van der Waals surface area contributed by atoms with Crippen molar-refractivity contribution in [1.29, 1.82) is 0 Å². The van der Waals surface area contributed by atoms with Crippen LogP contribution in [0, 0.1) is 3.57 Å². The summed E-state index contributed by atoms with van der Waals surface area (Å²) in [6.45, 7) is 3.34. The molecule has 1 heterocycles. The molecule has 19 heavy (non-hydrogen) atoms. The molecule has 0 N–H and O–H groups in total. The molecule has 5 heteroatoms. The maximum Gasteiger partial charge on any atom is 0.255 e. The predicted octanol–water partition coefficient (Wildman–Crippen LogP) is 4.67. The number of benzene rings is 1. The Hall–Kier alpha value is -0.590. The number of rotatable bonds is 4. The Labute approximate surface area is 135 Å². The molecule has 2 rings (SSSR count). The lowest BCUT2D eigenvalue weighted by molar-refractivity contribution is 0.0753. The first-order valence-electron chi connectivity index (χ1n) is 5.88. The van der Waals surface area contributed by atoms with Crippen molar-refractivity contribution < 1.29 is 4.79 Å². The lowest BCUT2D eigenvalue weighted by Crippen LogP contribution is -2.30. The molecule has 0 fully saturated rings. The quantitative estimate of drug-likeness (QED) is 0.677. The van der Waals surface area contributed by atoms with Crippen LogP contribution >= 0.6 is 45.5 Å². The van der Waals surface area contributed by atoms with Crippen molar-refractivity contribution in [3.05, 3.63) is 54.7 Å². The third-order valence-electron chi connectivity index (χ3n) is 2.76. The highest BCUT2D eigenvalue weighted by molar-refractivity contribution is 14.1. The molecule has 1 amide bonds. The van der Waals surface area contributed by atoms with Crippen molar-refractivity contribution in [3.63, 3.8) is 0 Å². The fourth-order valence-corrected chi connectivity index (χ4v) is 3.57. The minimum absolute atomic E-state index is 0.0527. The first-order valence-corrected chi connectivity index (χ1v) is 8.22. The second-order valence-corrected chi connectivity index (χ2v) is 6.65. The van der Waals surface area contributed by atoms with E-state index in [1.54, 1.807) is 23.5 Å². The van der Waals surface area contributed by atoms with E-state index in [0.717, 1.165) is 3.57 Å². The molecule has 0 aliphatic rings. The Morgan fingerprint density at radius 1 is 1.42 bits per heavy atom. The molecule has 2 aromatic rings. The van der Waals surface area contributed by atoms with Crippen molar-refractivity contribution in [2.45, 2.75) is 13.5 Å². The van der Waals surface area contributed by atoms with Gasteiger partial charge >= 0.3 is 0 Å². The second-order valence-electron chi connectivity index (χ2n) is 4.02. The van der Waals surface area contributed by atoms with Crippen LogP contribution in [0.3, 0.4) is 0 Å². The Bertz CT molecular complexity index is 571. The van der Waals surface area contributed by atoms with E-state index in [4.69, 9.17) is 11.6 Å². The van der Waals surface area contributed by atoms with Gasteiger partial charge in [0.1, 0.15) is 0 Å². The largest absolute Gasteiger partial charge is 0.334 e. The van der Waals surface area contributed by atoms with E-state index >= 15 is 0 Å². The molecule has 2 nitrogen and oxygen atoms in total. The molecule has 0 spiro atoms. The fraction of sp³-hybridized carbons (Fsp3) is 0.214. The zero-order chi connectivity index (χ0) is 13.8. The van der Waals surface area contributed by atoms with Crippen LogP contribution in [0.1, 0.15) is 22.2 Å². The molecule has 1 aromatic heterocycles. The topological polar surface area (TPSA) is 20.3 Å². The van der Waals surface area contributed by atoms with Crippen molar-refractivity contribution in [2.75, 3.05) is 6.54 Å². The standard InChI is InChI=1S/C14H13ClINOS/c1-2-17(9-11-4-3-7-19-11)14(18)12-6-5-10(15)8-13(12)16/h3-8H,2,9H2,1H3. The normalized spacial score (nSPS) is 10.5. The summed E-state index contributed by atoms with van der Waals surface area (Å²) in [6.07, 6.45) is 0. The van der Waals surface area contributed by atoms with Crippen LogP contribution in [0.15, 0.2) is 35.7 Å². The molecule has 0 aliphatic carbocycles. The summed E-state index contributed by atoms with van der Waals surface area (Å²) in [5, 5.41) is 2.68. The zero-order valence-electron chi connectivity index (χ0n) is 10.4. The number of amides is 1. The molecule has 0 saturated carbocycles. The fourth-order valence-electron chi connectivity index (χ4n) is 1.75. The number of hydrogen-bond donors (Lipinski definition) is 0. The Kier molecular flexibility index (Phi) is 5.24. The summed E-state index contributed by atoms with van der Waals surface area (Å²) in [4.78, 5) is 15.6. The molecule has 0 unspecified atom stereocenters. The number of carbonyl (C=O) groups excluding carboxylic acids is 1. The Morgan fingerprint density at radius 3 is 2.79 bits per heavy atom. The second kappa shape index (κ2) is 6.72. The van der Waals surface area contributed by atoms with Crippen molar-refractivity contribution in [1.82, 2.24) is 4.90 Å². The molecule has 0 saturated heterocycles. The van der Waals surface area contributed by atoms with Gasteiger partial charge in [0.15, 0.2) is 0 Å². The lowest BCUT2D eigenvalue weighted by Gasteiger charge is -2.21. The van der Waals surface area contributed by atoms with Gasteiger partial charge in [-0.1, -0.05) is 17.7 Å². The van der Waals surface area contributed by atoms with Gasteiger partial charge in [0.25, 0.3) is 5.91 Å². The summed E-state index contributed by atoms with van der Waals surface area (Å²) in [6, 6.07) is 9.42. The average molecular weight is 406 g/mol. The number of halogens is 2. The Balaban J connectivity index is 2.20. The highest BCUT2D eigenvalue weighted by Crippen LogP contribution is 2.21. The zero-order valence-corrected chi connectivity index (χ0v) is 14.1. The van der Waals surface area contributed by atoms with Crippen LogP contribution in [0.2, 0.25) is 5.02 Å². The molecule has 0 aliphatic heterocycles. The van der Waals surface area contributed by atoms with Gasteiger partial charge in [-0.2, -0.15) is 0 Å². The summed E-state index contributed by atoms with van der Waals surface area (Å²) in [7, 11) is 0. The smallest absolute Gasteiger partial charge is 0.255 e. The van der Waals surface area contributed by atoms with Crippen LogP contribution in [-0.4, -0.2) is 17.4 Å². The van der Waals surface area contributed by atoms with E-state index in [0.29, 0.717) is 23.7 Å². The third-order valence-corrected chi connectivity index (χ3v) is 4.75. The molecule has 100 valence electrons. The van der Waals surface area contributed by atoms with Gasteiger partial charge in [-0.3, -0.25) is 4.79 Å². The lowest BCUT2D eigenvalue weighted by atomic mass is 10.2. The highest BCUT2D eigenvalue weighted by Gasteiger charge is 2.17. The van der Waals surface area contributed by atoms with E-state index in [9.17, 15) is 4.79 Å². The van der Waals surface area contributed by atoms with Crippen molar-refractivity contribution >= 4 is 51.4 Å². The maximum absolute atomic E-state index is 12.5. The van der Waals surface area contributed by atoms with Crippen LogP contribution in [0.4, 0.5) is 0 Å². The van der Waals surface area contributed by atoms with Gasteiger partial charge in [-0.05, 0) is 59.2 Å². The predicted molar refractivity (Wildman–Crippen MR) is 88.9 cm³/mol. The van der Waals surface area contributed by atoms with E-state index in [1.165, 1.54) is 4.88 Å². The average Bonchev–Trinajstić information content (AvgIpc) is 2.88. The van der Waals surface area contributed by atoms with Crippen LogP contribution < -0.4 is 0 Å². The van der Waals surface area contributed by atoms with E-state index < -0.39 is 0 Å². The van der Waals surface area contributed by atoms with Gasteiger partial charge in [0.2, 0.25) is 0 Å². The molecule has 0 bridgehead atoms. The SMILES string of the molecule is CCN(Cc1cccs1)C(=O)c1ccc(Cl)cc1I. The van der Waals surface area contributed by atoms with Crippen LogP contribution in [0.25, 0.3) is 0 Å². The number of thiophene rings is 1. The molecular formula is C14H13ClINOS. The minimum atomic E-state index is 0.0527. The van der Waals surface area contributed by atoms with Gasteiger partial charge in [0, 0.05) is 20.0 Å². The monoisotopic (exact) mass is 405 g/mol. The minimum Gasteiger partial charge on any atom is -0.334 e. The first-order chi connectivity index (χ1) is 9.11. The van der Waals surface area contributed by atoms with Crippen LogP contribution in [0.5, 0.6) is 0 Å². The summed E-state index contributed by atoms with van der Waals surface area (Å²) in [5.74, 6) is 0.0527. The number of nitrogens with zero attached hydrogens (tertiary/aromatic N) is 1. The summed E-state index contributed by atoms with van der Waals surface area (Å²) >= 11 is 9.74.